The fourth-order valence-corrected chi connectivity index (χ4v) is 5.02. The van der Waals surface area contributed by atoms with Crippen LogP contribution in [0.4, 0.5) is 8.78 Å². The molecule has 0 aliphatic rings. The molecule has 6 aromatic rings. The number of ether oxygens (including phenoxy) is 4. The van der Waals surface area contributed by atoms with E-state index >= 15 is 0 Å². The smallest absolute Gasteiger partial charge is 0.294 e. The van der Waals surface area contributed by atoms with Gasteiger partial charge in [0, 0.05) is 24.6 Å². The van der Waals surface area contributed by atoms with Crippen LogP contribution in [0, 0.1) is 0 Å². The number of alkyl halides is 2. The number of methoxy groups -OCH3 is 2. The van der Waals surface area contributed by atoms with Gasteiger partial charge in [-0.2, -0.15) is 0 Å². The summed E-state index contributed by atoms with van der Waals surface area (Å²) in [4.78, 5) is 5.29. The van der Waals surface area contributed by atoms with E-state index in [1.807, 2.05) is 30.3 Å². The lowest BCUT2D eigenvalue weighted by molar-refractivity contribution is 0.0173. The summed E-state index contributed by atoms with van der Waals surface area (Å²) in [7, 11) is 3.14. The molecule has 0 spiro atoms. The summed E-state index contributed by atoms with van der Waals surface area (Å²) in [6.45, 7) is 1.30. The molecule has 11 heteroatoms. The van der Waals surface area contributed by atoms with E-state index < -0.39 is 5.92 Å². The molecule has 0 aliphatic heterocycles. The highest BCUT2D eigenvalue weighted by Crippen LogP contribution is 2.38. The average molecular weight is 578 g/mol. The molecule has 210 valence electrons. The molecule has 0 atom stereocenters. The van der Waals surface area contributed by atoms with Gasteiger partial charge in [0.1, 0.15) is 41.7 Å². The topological polar surface area (TPSA) is 80.2 Å². The molecule has 3 aromatic carbocycles. The minimum Gasteiger partial charge on any atom is -0.496 e. The lowest BCUT2D eigenvalue weighted by Gasteiger charge is -2.13. The van der Waals surface area contributed by atoms with Gasteiger partial charge < -0.3 is 23.4 Å². The number of benzene rings is 3. The van der Waals surface area contributed by atoms with Crippen molar-refractivity contribution >= 4 is 27.3 Å². The van der Waals surface area contributed by atoms with Crippen LogP contribution in [0.3, 0.4) is 0 Å². The minimum absolute atomic E-state index is 0.0441. The normalized spacial score (nSPS) is 11.7. The number of imidazole rings is 1. The quantitative estimate of drug-likeness (QED) is 0.167. The second-order valence-corrected chi connectivity index (χ2v) is 10.3. The molecule has 0 radical (unpaired) electrons. The largest absolute Gasteiger partial charge is 0.496 e. The van der Waals surface area contributed by atoms with Crippen LogP contribution in [0.5, 0.6) is 22.4 Å². The lowest BCUT2D eigenvalue weighted by Crippen LogP contribution is -2.07. The zero-order valence-corrected chi connectivity index (χ0v) is 23.2. The Hall–Kier alpha value is -4.64. The summed E-state index contributed by atoms with van der Waals surface area (Å²) in [6, 6.07) is 19.2. The van der Waals surface area contributed by atoms with E-state index in [9.17, 15) is 8.78 Å². The second kappa shape index (κ2) is 10.7. The molecule has 3 heterocycles. The Morgan fingerprint density at radius 2 is 1.68 bits per heavy atom. The molecule has 0 fully saturated rings. The third-order valence-corrected chi connectivity index (χ3v) is 7.28. The first-order chi connectivity index (χ1) is 19.8. The van der Waals surface area contributed by atoms with Gasteiger partial charge in [-0.15, -0.1) is 5.10 Å². The van der Waals surface area contributed by atoms with Crippen molar-refractivity contribution in [2.24, 2.45) is 0 Å². The van der Waals surface area contributed by atoms with Gasteiger partial charge in [-0.1, -0.05) is 30.3 Å². The third-order valence-electron chi connectivity index (χ3n) is 6.39. The number of halogens is 2. The van der Waals surface area contributed by atoms with Crippen molar-refractivity contribution in [3.05, 3.63) is 89.6 Å². The Morgan fingerprint density at radius 3 is 2.44 bits per heavy atom. The highest BCUT2D eigenvalue weighted by Gasteiger charge is 2.24. The Balaban J connectivity index is 1.19. The molecule has 3 aromatic heterocycles. The summed E-state index contributed by atoms with van der Waals surface area (Å²) in [5.41, 5.74) is 2.70. The van der Waals surface area contributed by atoms with Crippen LogP contribution in [0.25, 0.3) is 27.4 Å². The maximum atomic E-state index is 13.7. The van der Waals surface area contributed by atoms with E-state index in [2.05, 4.69) is 10.1 Å². The van der Waals surface area contributed by atoms with E-state index in [1.165, 1.54) is 23.5 Å². The van der Waals surface area contributed by atoms with Crippen LogP contribution in [-0.4, -0.2) is 28.8 Å². The van der Waals surface area contributed by atoms with Crippen LogP contribution < -0.4 is 18.9 Å². The van der Waals surface area contributed by atoms with Gasteiger partial charge in [0.2, 0.25) is 4.96 Å². The van der Waals surface area contributed by atoms with Crippen LogP contribution >= 0.6 is 11.3 Å². The Morgan fingerprint density at radius 1 is 0.902 bits per heavy atom. The number of nitrogens with zero attached hydrogens (tertiary/aromatic N) is 3. The molecule has 0 unspecified atom stereocenters. The van der Waals surface area contributed by atoms with Crippen molar-refractivity contribution < 1.29 is 32.1 Å². The monoisotopic (exact) mass is 577 g/mol. The Kier molecular flexibility index (Phi) is 6.96. The van der Waals surface area contributed by atoms with Gasteiger partial charge in [0.15, 0.2) is 5.76 Å². The maximum Gasteiger partial charge on any atom is 0.294 e. The van der Waals surface area contributed by atoms with Crippen LogP contribution in [0.2, 0.25) is 0 Å². The zero-order valence-electron chi connectivity index (χ0n) is 22.4. The van der Waals surface area contributed by atoms with E-state index in [0.29, 0.717) is 50.0 Å². The van der Waals surface area contributed by atoms with Gasteiger partial charge in [-0.25, -0.2) is 18.3 Å². The predicted octanol–water partition coefficient (Wildman–Crippen LogP) is 7.49. The summed E-state index contributed by atoms with van der Waals surface area (Å²) in [5, 5.41) is 5.60. The fraction of sp³-hybridized carbons (Fsp3) is 0.200. The molecular formula is C30H25F2N3O5S. The van der Waals surface area contributed by atoms with Gasteiger partial charge >= 0.3 is 0 Å². The Labute approximate surface area is 237 Å². The van der Waals surface area contributed by atoms with Gasteiger partial charge in [0.05, 0.1) is 25.8 Å². The molecule has 0 saturated carbocycles. The molecule has 0 N–H and O–H groups in total. The van der Waals surface area contributed by atoms with Gasteiger partial charge in [0.25, 0.3) is 11.1 Å². The Bertz CT molecular complexity index is 1810. The first kappa shape index (κ1) is 26.6. The molecule has 0 bridgehead atoms. The molecule has 6 rings (SSSR count). The number of rotatable bonds is 10. The fourth-order valence-electron chi connectivity index (χ4n) is 4.32. The standard InChI is InChI=1S/C30H25F2N3O5S/c1-30(31,32)20-8-4-6-18(10-20)16-38-21-9-5-7-19(11-21)17-39-25-12-22(36-2)13-26-23(25)14-27(40-26)24-15-35-28(33-24)41-29(34-35)37-3/h4-15H,16-17H2,1-3H3. The van der Waals surface area contributed by atoms with Crippen LogP contribution in [0.1, 0.15) is 23.6 Å². The number of hydrogen-bond donors (Lipinski definition) is 0. The molecular weight excluding hydrogens is 552 g/mol. The van der Waals surface area contributed by atoms with Gasteiger partial charge in [-0.05, 0) is 46.7 Å². The van der Waals surface area contributed by atoms with Crippen molar-refractivity contribution in [2.45, 2.75) is 26.1 Å². The third kappa shape index (κ3) is 5.66. The molecule has 8 nitrogen and oxygen atoms in total. The second-order valence-electron chi connectivity index (χ2n) is 9.39. The van der Waals surface area contributed by atoms with Crippen molar-refractivity contribution in [3.8, 4) is 33.9 Å². The molecule has 41 heavy (non-hydrogen) atoms. The minimum atomic E-state index is -2.91. The highest BCUT2D eigenvalue weighted by molar-refractivity contribution is 7.18. The van der Waals surface area contributed by atoms with Crippen molar-refractivity contribution in [2.75, 3.05) is 14.2 Å². The number of fused-ring (bicyclic) bond motifs is 2. The highest BCUT2D eigenvalue weighted by atomic mass is 32.1. The van der Waals surface area contributed by atoms with Crippen molar-refractivity contribution in [1.29, 1.82) is 0 Å². The summed E-state index contributed by atoms with van der Waals surface area (Å²) < 4.78 is 57.9. The summed E-state index contributed by atoms with van der Waals surface area (Å²) >= 11 is 1.33. The van der Waals surface area contributed by atoms with Crippen molar-refractivity contribution in [3.63, 3.8) is 0 Å². The predicted molar refractivity (Wildman–Crippen MR) is 150 cm³/mol. The van der Waals surface area contributed by atoms with Crippen LogP contribution in [-0.2, 0) is 19.1 Å². The number of hydrogen-bond acceptors (Lipinski definition) is 8. The van der Waals surface area contributed by atoms with Crippen LogP contribution in [0.15, 0.2) is 77.3 Å². The first-order valence-corrected chi connectivity index (χ1v) is 13.4. The molecule has 0 amide bonds. The van der Waals surface area contributed by atoms with Crippen molar-refractivity contribution in [1.82, 2.24) is 14.6 Å². The van der Waals surface area contributed by atoms with E-state index in [0.717, 1.165) is 17.9 Å². The number of furan rings is 1. The van der Waals surface area contributed by atoms with Gasteiger partial charge in [-0.3, -0.25) is 0 Å². The lowest BCUT2D eigenvalue weighted by atomic mass is 10.1. The molecule has 0 saturated heterocycles. The average Bonchev–Trinajstić information content (AvgIpc) is 3.68. The molecule has 0 aliphatic carbocycles. The summed E-state index contributed by atoms with van der Waals surface area (Å²) in [5.74, 6) is -0.572. The first-order valence-electron chi connectivity index (χ1n) is 12.6. The van der Waals surface area contributed by atoms with E-state index in [-0.39, 0.29) is 18.8 Å². The SMILES string of the molecule is COc1cc(OCc2cccc(OCc3cccc(C(C)(F)F)c3)c2)c2cc(-c3cn4nc(OC)sc4n3)oc2c1. The zero-order chi connectivity index (χ0) is 28.6. The van der Waals surface area contributed by atoms with E-state index in [4.69, 9.17) is 23.4 Å². The summed E-state index contributed by atoms with van der Waals surface area (Å²) in [6.07, 6.45) is 1.78. The van der Waals surface area contributed by atoms with E-state index in [1.54, 1.807) is 49.2 Å². The maximum absolute atomic E-state index is 13.7. The number of aromatic nitrogens is 3.